The number of thiazole rings is 1. The van der Waals surface area contributed by atoms with Crippen molar-refractivity contribution in [2.75, 3.05) is 24.5 Å². The molecule has 1 aromatic heterocycles. The Kier molecular flexibility index (Phi) is 6.30. The number of aromatic nitrogens is 1. The molecule has 1 aliphatic carbocycles. The van der Waals surface area contributed by atoms with Gasteiger partial charge in [0, 0.05) is 24.5 Å². The van der Waals surface area contributed by atoms with Gasteiger partial charge in [-0.3, -0.25) is 0 Å². The van der Waals surface area contributed by atoms with Gasteiger partial charge in [0.2, 0.25) is 0 Å². The van der Waals surface area contributed by atoms with Gasteiger partial charge in [0.15, 0.2) is 5.13 Å². The van der Waals surface area contributed by atoms with Crippen LogP contribution in [-0.2, 0) is 13.0 Å². The monoisotopic (exact) mass is 295 g/mol. The molecule has 1 N–H and O–H groups in total. The molecule has 114 valence electrons. The van der Waals surface area contributed by atoms with Crippen molar-refractivity contribution in [1.82, 2.24) is 10.3 Å². The van der Waals surface area contributed by atoms with Gasteiger partial charge in [0.05, 0.1) is 5.69 Å². The summed E-state index contributed by atoms with van der Waals surface area (Å²) < 4.78 is 0. The van der Waals surface area contributed by atoms with Crippen LogP contribution >= 0.6 is 11.3 Å². The van der Waals surface area contributed by atoms with E-state index in [-0.39, 0.29) is 0 Å². The van der Waals surface area contributed by atoms with Crippen LogP contribution in [0.2, 0.25) is 0 Å². The molecule has 0 spiro atoms. The highest BCUT2D eigenvalue weighted by Gasteiger charge is 2.25. The largest absolute Gasteiger partial charge is 0.348 e. The van der Waals surface area contributed by atoms with Crippen LogP contribution in [-0.4, -0.2) is 24.6 Å². The molecule has 0 aliphatic heterocycles. The Hall–Kier alpha value is -0.610. The van der Waals surface area contributed by atoms with Crippen molar-refractivity contribution in [1.29, 1.82) is 0 Å². The van der Waals surface area contributed by atoms with Crippen LogP contribution in [0.25, 0.3) is 0 Å². The number of anilines is 1. The maximum atomic E-state index is 4.91. The van der Waals surface area contributed by atoms with Crippen molar-refractivity contribution < 1.29 is 0 Å². The van der Waals surface area contributed by atoms with E-state index in [4.69, 9.17) is 4.98 Å². The molecule has 0 atom stereocenters. The molecule has 1 heterocycles. The zero-order valence-corrected chi connectivity index (χ0v) is 14.1. The lowest BCUT2D eigenvalue weighted by molar-refractivity contribution is 0.676. The van der Waals surface area contributed by atoms with Crippen molar-refractivity contribution in [2.24, 2.45) is 5.92 Å². The summed E-state index contributed by atoms with van der Waals surface area (Å²) in [6.45, 7) is 11.1. The van der Waals surface area contributed by atoms with Crippen LogP contribution in [0.1, 0.15) is 57.0 Å². The second-order valence-corrected chi connectivity index (χ2v) is 6.85. The van der Waals surface area contributed by atoms with Crippen LogP contribution in [0.5, 0.6) is 0 Å². The van der Waals surface area contributed by atoms with Crippen molar-refractivity contribution in [2.45, 2.75) is 59.4 Å². The molecule has 0 unspecified atom stereocenters. The van der Waals surface area contributed by atoms with Gasteiger partial charge in [0.1, 0.15) is 0 Å². The number of nitrogens with one attached hydrogen (secondary N) is 1. The fourth-order valence-electron chi connectivity index (χ4n) is 2.45. The predicted molar refractivity (Wildman–Crippen MR) is 88.7 cm³/mol. The minimum absolute atomic E-state index is 0.928. The first-order valence-electron chi connectivity index (χ1n) is 8.22. The number of hydrogen-bond donors (Lipinski definition) is 1. The van der Waals surface area contributed by atoms with Gasteiger partial charge in [-0.25, -0.2) is 4.98 Å². The lowest BCUT2D eigenvalue weighted by atomic mass is 10.3. The highest BCUT2D eigenvalue weighted by Crippen LogP contribution is 2.34. The average molecular weight is 295 g/mol. The fraction of sp³-hybridized carbons (Fsp3) is 0.812. The van der Waals surface area contributed by atoms with Crippen LogP contribution < -0.4 is 10.2 Å². The summed E-state index contributed by atoms with van der Waals surface area (Å²) in [4.78, 5) is 8.87. The highest BCUT2D eigenvalue weighted by molar-refractivity contribution is 7.15. The minimum atomic E-state index is 0.928. The van der Waals surface area contributed by atoms with Crippen LogP contribution in [0, 0.1) is 5.92 Å². The van der Waals surface area contributed by atoms with Crippen molar-refractivity contribution in [3.05, 3.63) is 10.6 Å². The van der Waals surface area contributed by atoms with Crippen LogP contribution in [0.4, 0.5) is 5.13 Å². The SMILES string of the molecule is CCCNCc1sc(N(CCC)CC2CC2)nc1CC. The van der Waals surface area contributed by atoms with Gasteiger partial charge in [0.25, 0.3) is 0 Å². The standard InChI is InChI=1S/C16H29N3S/c1-4-9-17-11-15-14(6-3)18-16(20-15)19(10-5-2)12-13-7-8-13/h13,17H,4-12H2,1-3H3. The lowest BCUT2D eigenvalue weighted by Crippen LogP contribution is -2.26. The molecule has 3 nitrogen and oxygen atoms in total. The maximum absolute atomic E-state index is 4.91. The molecular formula is C16H29N3S. The number of rotatable bonds is 10. The summed E-state index contributed by atoms with van der Waals surface area (Å²) >= 11 is 1.90. The second-order valence-electron chi connectivity index (χ2n) is 5.79. The molecular weight excluding hydrogens is 266 g/mol. The Morgan fingerprint density at radius 1 is 1.25 bits per heavy atom. The summed E-state index contributed by atoms with van der Waals surface area (Å²) in [5.41, 5.74) is 1.30. The Labute approximate surface area is 127 Å². The van der Waals surface area contributed by atoms with Crippen molar-refractivity contribution in [3.8, 4) is 0 Å². The van der Waals surface area contributed by atoms with E-state index >= 15 is 0 Å². The van der Waals surface area contributed by atoms with E-state index in [2.05, 4.69) is 31.0 Å². The first kappa shape index (κ1) is 15.8. The zero-order chi connectivity index (χ0) is 14.4. The normalized spacial score (nSPS) is 14.8. The number of aryl methyl sites for hydroxylation is 1. The molecule has 1 saturated carbocycles. The Morgan fingerprint density at radius 2 is 2.05 bits per heavy atom. The number of nitrogens with zero attached hydrogens (tertiary/aromatic N) is 2. The molecule has 1 fully saturated rings. The average Bonchev–Trinajstić information content (AvgIpc) is 3.17. The molecule has 0 saturated heterocycles. The fourth-order valence-corrected chi connectivity index (χ4v) is 3.60. The molecule has 0 aromatic carbocycles. The summed E-state index contributed by atoms with van der Waals surface area (Å²) in [7, 11) is 0. The zero-order valence-electron chi connectivity index (χ0n) is 13.2. The third-order valence-electron chi connectivity index (χ3n) is 3.75. The molecule has 20 heavy (non-hydrogen) atoms. The van der Waals surface area contributed by atoms with Crippen LogP contribution in [0.3, 0.4) is 0 Å². The quantitative estimate of drug-likeness (QED) is 0.665. The van der Waals surface area contributed by atoms with Crippen molar-refractivity contribution in [3.63, 3.8) is 0 Å². The Morgan fingerprint density at radius 3 is 2.65 bits per heavy atom. The van der Waals surface area contributed by atoms with Gasteiger partial charge >= 0.3 is 0 Å². The molecule has 1 aliphatic rings. The van der Waals surface area contributed by atoms with E-state index < -0.39 is 0 Å². The second kappa shape index (κ2) is 7.99. The summed E-state index contributed by atoms with van der Waals surface area (Å²) in [5, 5.41) is 4.77. The van der Waals surface area contributed by atoms with E-state index in [0.29, 0.717) is 0 Å². The molecule has 0 amide bonds. The van der Waals surface area contributed by atoms with E-state index in [1.54, 1.807) is 0 Å². The molecule has 0 radical (unpaired) electrons. The topological polar surface area (TPSA) is 28.2 Å². The highest BCUT2D eigenvalue weighted by atomic mass is 32.1. The van der Waals surface area contributed by atoms with Gasteiger partial charge in [-0.05, 0) is 44.6 Å². The Bertz CT molecular complexity index is 398. The molecule has 1 aromatic rings. The minimum Gasteiger partial charge on any atom is -0.348 e. The van der Waals surface area contributed by atoms with Crippen molar-refractivity contribution >= 4 is 16.5 Å². The van der Waals surface area contributed by atoms with E-state index in [9.17, 15) is 0 Å². The molecule has 4 heteroatoms. The summed E-state index contributed by atoms with van der Waals surface area (Å²) in [6.07, 6.45) is 6.27. The predicted octanol–water partition coefficient (Wildman–Crippen LogP) is 3.83. The smallest absolute Gasteiger partial charge is 0.185 e. The molecule has 0 bridgehead atoms. The third-order valence-corrected chi connectivity index (χ3v) is 4.91. The Balaban J connectivity index is 2.04. The first-order chi connectivity index (χ1) is 9.78. The van der Waals surface area contributed by atoms with E-state index in [1.165, 1.54) is 47.9 Å². The maximum Gasteiger partial charge on any atom is 0.185 e. The van der Waals surface area contributed by atoms with Gasteiger partial charge in [-0.1, -0.05) is 20.8 Å². The van der Waals surface area contributed by atoms with Gasteiger partial charge < -0.3 is 10.2 Å². The summed E-state index contributed by atoms with van der Waals surface area (Å²) in [5.74, 6) is 0.928. The lowest BCUT2D eigenvalue weighted by Gasteiger charge is -2.20. The first-order valence-corrected chi connectivity index (χ1v) is 9.04. The third kappa shape index (κ3) is 4.45. The van der Waals surface area contributed by atoms with Gasteiger partial charge in [-0.2, -0.15) is 0 Å². The van der Waals surface area contributed by atoms with E-state index in [0.717, 1.165) is 32.0 Å². The van der Waals surface area contributed by atoms with Crippen LogP contribution in [0.15, 0.2) is 0 Å². The van der Waals surface area contributed by atoms with Gasteiger partial charge in [-0.15, -0.1) is 11.3 Å². The molecule has 2 rings (SSSR count). The van der Waals surface area contributed by atoms with E-state index in [1.807, 2.05) is 11.3 Å². The summed E-state index contributed by atoms with van der Waals surface area (Å²) in [6, 6.07) is 0. The number of hydrogen-bond acceptors (Lipinski definition) is 4.